The van der Waals surface area contributed by atoms with Crippen molar-refractivity contribution in [2.75, 3.05) is 18.4 Å². The fourth-order valence-corrected chi connectivity index (χ4v) is 4.77. The minimum Gasteiger partial charge on any atom is -0.335 e. The number of nitrogens with zero attached hydrogens (tertiary/aromatic N) is 1. The van der Waals surface area contributed by atoms with Gasteiger partial charge in [0.2, 0.25) is 5.91 Å². The number of carbonyl (C=O) groups is 2. The smallest absolute Gasteiger partial charge is 0.254 e. The Bertz CT molecular complexity index is 653. The summed E-state index contributed by atoms with van der Waals surface area (Å²) in [6.45, 7) is 7.70. The van der Waals surface area contributed by atoms with Gasteiger partial charge in [0.15, 0.2) is 0 Å². The highest BCUT2D eigenvalue weighted by Gasteiger charge is 2.50. The van der Waals surface area contributed by atoms with E-state index in [9.17, 15) is 9.59 Å². The Hall–Kier alpha value is -1.88. The van der Waals surface area contributed by atoms with E-state index in [1.807, 2.05) is 0 Å². The second-order valence-corrected chi connectivity index (χ2v) is 8.48. The van der Waals surface area contributed by atoms with Gasteiger partial charge in [0.25, 0.3) is 5.91 Å². The molecule has 0 radical (unpaired) electrons. The molecule has 1 aromatic rings. The third kappa shape index (κ3) is 3.31. The van der Waals surface area contributed by atoms with E-state index in [1.54, 1.807) is 24.3 Å². The van der Waals surface area contributed by atoms with E-state index >= 15 is 0 Å². The second-order valence-electron chi connectivity index (χ2n) is 8.48. The molecule has 3 N–H and O–H groups in total. The van der Waals surface area contributed by atoms with Gasteiger partial charge in [0, 0.05) is 23.8 Å². The Labute approximate surface area is 143 Å². The number of hydrogen-bond donors (Lipinski definition) is 2. The van der Waals surface area contributed by atoms with Gasteiger partial charge in [-0.3, -0.25) is 9.59 Å². The van der Waals surface area contributed by atoms with Crippen molar-refractivity contribution in [2.24, 2.45) is 16.6 Å². The third-order valence-corrected chi connectivity index (χ3v) is 5.28. The maximum atomic E-state index is 13.0. The van der Waals surface area contributed by atoms with E-state index in [0.29, 0.717) is 22.7 Å². The van der Waals surface area contributed by atoms with Crippen LogP contribution >= 0.6 is 0 Å². The average molecular weight is 329 g/mol. The van der Waals surface area contributed by atoms with Crippen molar-refractivity contribution in [3.05, 3.63) is 29.8 Å². The van der Waals surface area contributed by atoms with Crippen LogP contribution in [0.3, 0.4) is 0 Å². The van der Waals surface area contributed by atoms with Crippen molar-refractivity contribution in [3.8, 4) is 0 Å². The summed E-state index contributed by atoms with van der Waals surface area (Å²) in [7, 11) is 0. The van der Waals surface area contributed by atoms with E-state index in [2.05, 4.69) is 31.0 Å². The van der Waals surface area contributed by atoms with Crippen LogP contribution in [0.2, 0.25) is 0 Å². The Morgan fingerprint density at radius 2 is 1.88 bits per heavy atom. The first-order valence-corrected chi connectivity index (χ1v) is 8.62. The monoisotopic (exact) mass is 329 g/mol. The molecule has 1 aliphatic carbocycles. The predicted octanol–water partition coefficient (Wildman–Crippen LogP) is 2.62. The molecule has 2 unspecified atom stereocenters. The number of fused-ring (bicyclic) bond motifs is 2. The molecular weight excluding hydrogens is 302 g/mol. The van der Waals surface area contributed by atoms with Gasteiger partial charge in [-0.25, -0.2) is 0 Å². The molecule has 2 aliphatic rings. The number of nitrogens with two attached hydrogens (primary N) is 1. The highest BCUT2D eigenvalue weighted by Crippen LogP contribution is 2.52. The van der Waals surface area contributed by atoms with E-state index in [1.165, 1.54) is 6.42 Å². The summed E-state index contributed by atoms with van der Waals surface area (Å²) in [6.07, 6.45) is 3.34. The van der Waals surface area contributed by atoms with Crippen LogP contribution in [0.5, 0.6) is 0 Å². The Morgan fingerprint density at radius 1 is 1.21 bits per heavy atom. The molecule has 24 heavy (non-hydrogen) atoms. The molecule has 5 heteroatoms. The lowest BCUT2D eigenvalue weighted by molar-refractivity contribution is -0.114. The number of likely N-dealkylation sites (tertiary alicyclic amines) is 1. The molecule has 1 saturated carbocycles. The fraction of sp³-hybridized carbons (Fsp3) is 0.579. The molecule has 5 nitrogen and oxygen atoms in total. The summed E-state index contributed by atoms with van der Waals surface area (Å²) in [6, 6.07) is 7.42. The predicted molar refractivity (Wildman–Crippen MR) is 94.7 cm³/mol. The Balaban J connectivity index is 1.74. The van der Waals surface area contributed by atoms with Crippen LogP contribution in [0.1, 0.15) is 50.4 Å². The van der Waals surface area contributed by atoms with E-state index in [4.69, 9.17) is 5.73 Å². The molecule has 1 saturated heterocycles. The molecule has 1 aromatic carbocycles. The van der Waals surface area contributed by atoms with Crippen LogP contribution < -0.4 is 11.1 Å². The van der Waals surface area contributed by atoms with Gasteiger partial charge in [-0.05, 0) is 54.4 Å². The van der Waals surface area contributed by atoms with Gasteiger partial charge < -0.3 is 16.0 Å². The molecule has 0 spiro atoms. The zero-order valence-corrected chi connectivity index (χ0v) is 14.8. The summed E-state index contributed by atoms with van der Waals surface area (Å²) in [5, 5.41) is 2.69. The topological polar surface area (TPSA) is 75.4 Å². The zero-order valence-electron chi connectivity index (χ0n) is 14.8. The summed E-state index contributed by atoms with van der Waals surface area (Å²) in [4.78, 5) is 26.3. The molecule has 0 aromatic heterocycles. The largest absolute Gasteiger partial charge is 0.335 e. The molecule has 3 rings (SSSR count). The van der Waals surface area contributed by atoms with Gasteiger partial charge in [-0.1, -0.05) is 20.8 Å². The standard InChI is InChI=1S/C19H27N3O2/c1-18(2)8-15-9-19(3,11-18)12-22(15)17(24)13-4-6-14(7-5-13)21-16(23)10-20/h4-7,15H,8-12,20H2,1-3H3,(H,21,23). The fourth-order valence-electron chi connectivity index (χ4n) is 4.77. The van der Waals surface area contributed by atoms with Crippen LogP contribution in [-0.4, -0.2) is 35.8 Å². The average Bonchev–Trinajstić information content (AvgIpc) is 2.76. The van der Waals surface area contributed by atoms with Gasteiger partial charge in [0.1, 0.15) is 0 Å². The number of rotatable bonds is 3. The van der Waals surface area contributed by atoms with E-state index < -0.39 is 0 Å². The van der Waals surface area contributed by atoms with Crippen molar-refractivity contribution >= 4 is 17.5 Å². The minimum absolute atomic E-state index is 0.0511. The molecule has 2 bridgehead atoms. The molecule has 1 aliphatic heterocycles. The highest BCUT2D eigenvalue weighted by atomic mass is 16.2. The molecule has 2 atom stereocenters. The summed E-state index contributed by atoms with van der Waals surface area (Å²) in [5.41, 5.74) is 7.16. The molecule has 2 amide bonds. The van der Waals surface area contributed by atoms with Crippen molar-refractivity contribution in [2.45, 2.75) is 46.1 Å². The van der Waals surface area contributed by atoms with Crippen molar-refractivity contribution in [1.29, 1.82) is 0 Å². The van der Waals surface area contributed by atoms with E-state index in [0.717, 1.165) is 19.4 Å². The number of benzene rings is 1. The van der Waals surface area contributed by atoms with Crippen LogP contribution in [0.25, 0.3) is 0 Å². The highest BCUT2D eigenvalue weighted by molar-refractivity contribution is 5.96. The SMILES string of the molecule is CC1(C)CC2CC(C)(CN2C(=O)c2ccc(NC(=O)CN)cc2)C1. The maximum absolute atomic E-state index is 13.0. The second kappa shape index (κ2) is 5.88. The first-order chi connectivity index (χ1) is 11.2. The Kier molecular flexibility index (Phi) is 4.16. The van der Waals surface area contributed by atoms with Crippen LogP contribution in [0, 0.1) is 10.8 Å². The lowest BCUT2D eigenvalue weighted by Gasteiger charge is -2.39. The third-order valence-electron chi connectivity index (χ3n) is 5.28. The van der Waals surface area contributed by atoms with Gasteiger partial charge >= 0.3 is 0 Å². The van der Waals surface area contributed by atoms with Gasteiger partial charge in [-0.2, -0.15) is 0 Å². The maximum Gasteiger partial charge on any atom is 0.254 e. The number of hydrogen-bond acceptors (Lipinski definition) is 3. The first-order valence-electron chi connectivity index (χ1n) is 8.62. The molecular formula is C19H27N3O2. The number of anilines is 1. The Morgan fingerprint density at radius 3 is 2.50 bits per heavy atom. The normalized spacial score (nSPS) is 27.8. The molecule has 2 fully saturated rings. The number of amides is 2. The van der Waals surface area contributed by atoms with Crippen LogP contribution in [0.4, 0.5) is 5.69 Å². The summed E-state index contributed by atoms with van der Waals surface area (Å²) < 4.78 is 0. The van der Waals surface area contributed by atoms with E-state index in [-0.39, 0.29) is 23.8 Å². The molecule has 130 valence electrons. The lowest BCUT2D eigenvalue weighted by atomic mass is 9.65. The first kappa shape index (κ1) is 17.0. The number of nitrogens with one attached hydrogen (secondary N) is 1. The van der Waals surface area contributed by atoms with Gasteiger partial charge in [-0.15, -0.1) is 0 Å². The summed E-state index contributed by atoms with van der Waals surface area (Å²) in [5.74, 6) is -0.143. The van der Waals surface area contributed by atoms with Crippen molar-refractivity contribution in [1.82, 2.24) is 4.90 Å². The molecule has 1 heterocycles. The van der Waals surface area contributed by atoms with Crippen molar-refractivity contribution in [3.63, 3.8) is 0 Å². The van der Waals surface area contributed by atoms with Crippen LogP contribution in [-0.2, 0) is 4.79 Å². The lowest BCUT2D eigenvalue weighted by Crippen LogP contribution is -2.37. The van der Waals surface area contributed by atoms with Crippen molar-refractivity contribution < 1.29 is 9.59 Å². The number of carbonyl (C=O) groups excluding carboxylic acids is 2. The van der Waals surface area contributed by atoms with Gasteiger partial charge in [0.05, 0.1) is 6.54 Å². The summed E-state index contributed by atoms with van der Waals surface area (Å²) >= 11 is 0. The minimum atomic E-state index is -0.238. The quantitative estimate of drug-likeness (QED) is 0.895. The van der Waals surface area contributed by atoms with Crippen LogP contribution in [0.15, 0.2) is 24.3 Å². The zero-order chi connectivity index (χ0) is 17.5.